The van der Waals surface area contributed by atoms with E-state index in [1.165, 1.54) is 24.3 Å². The number of aliphatic hydroxyl groups is 4. The molecule has 15 heteroatoms. The second kappa shape index (κ2) is 13.9. The largest absolute Gasteiger partial charge is 0.478 e. The van der Waals surface area contributed by atoms with E-state index < -0.39 is 103 Å². The summed E-state index contributed by atoms with van der Waals surface area (Å²) >= 11 is 0. The molecule has 3 aliphatic rings. The van der Waals surface area contributed by atoms with E-state index in [2.05, 4.69) is 0 Å². The summed E-state index contributed by atoms with van der Waals surface area (Å²) in [7, 11) is 1.04. The van der Waals surface area contributed by atoms with Crippen LogP contribution in [0.4, 0.5) is 0 Å². The van der Waals surface area contributed by atoms with Gasteiger partial charge >= 0.3 is 23.9 Å². The Labute approximate surface area is 261 Å². The minimum absolute atomic E-state index is 0.0773. The van der Waals surface area contributed by atoms with E-state index in [4.69, 9.17) is 28.4 Å². The zero-order chi connectivity index (χ0) is 33.1. The van der Waals surface area contributed by atoms with Crippen LogP contribution in [-0.4, -0.2) is 112 Å². The van der Waals surface area contributed by atoms with Gasteiger partial charge in [-0.05, 0) is 24.3 Å². The number of benzene rings is 2. The van der Waals surface area contributed by atoms with Crippen molar-refractivity contribution in [1.29, 1.82) is 0 Å². The van der Waals surface area contributed by atoms with Gasteiger partial charge in [0.1, 0.15) is 36.4 Å². The van der Waals surface area contributed by atoms with Gasteiger partial charge in [-0.25, -0.2) is 14.4 Å². The molecule has 2 aromatic rings. The highest BCUT2D eigenvalue weighted by molar-refractivity contribution is 5.92. The molecule has 0 aromatic heterocycles. The van der Waals surface area contributed by atoms with E-state index in [1.807, 2.05) is 0 Å². The number of carboxylic acids is 1. The number of esters is 3. The molecule has 15 nitrogen and oxygen atoms in total. The maximum atomic E-state index is 13.5. The lowest BCUT2D eigenvalue weighted by Crippen LogP contribution is -2.60. The Hall–Kier alpha value is -4.38. The lowest BCUT2D eigenvalue weighted by atomic mass is 9.82. The molecule has 246 valence electrons. The Kier molecular flexibility index (Phi) is 10.0. The number of methoxy groups -OCH3 is 1. The van der Waals surface area contributed by atoms with Crippen LogP contribution in [0.5, 0.6) is 0 Å². The monoisotopic (exact) mass is 644 g/mol. The van der Waals surface area contributed by atoms with E-state index in [0.29, 0.717) is 0 Å². The maximum absolute atomic E-state index is 13.5. The highest BCUT2D eigenvalue weighted by Gasteiger charge is 2.65. The molecular formula is C31H32O15. The molecule has 5 N–H and O–H groups in total. The third kappa shape index (κ3) is 6.33. The van der Waals surface area contributed by atoms with Crippen LogP contribution in [0.3, 0.4) is 0 Å². The first-order valence-electron chi connectivity index (χ1n) is 14.2. The Morgan fingerprint density at radius 3 is 1.87 bits per heavy atom. The van der Waals surface area contributed by atoms with Crippen LogP contribution in [0.15, 0.2) is 72.5 Å². The van der Waals surface area contributed by atoms with Gasteiger partial charge in [-0.1, -0.05) is 36.4 Å². The third-order valence-electron chi connectivity index (χ3n) is 8.21. The average Bonchev–Trinajstić information content (AvgIpc) is 3.38. The first-order valence-corrected chi connectivity index (χ1v) is 14.2. The van der Waals surface area contributed by atoms with Gasteiger partial charge in [0.2, 0.25) is 6.29 Å². The quantitative estimate of drug-likeness (QED) is 0.173. The van der Waals surface area contributed by atoms with Gasteiger partial charge in [0.05, 0.1) is 36.7 Å². The molecule has 2 fully saturated rings. The van der Waals surface area contributed by atoms with Crippen LogP contribution in [-0.2, 0) is 38.0 Å². The fourth-order valence-corrected chi connectivity index (χ4v) is 5.97. The van der Waals surface area contributed by atoms with Crippen molar-refractivity contribution < 1.29 is 73.1 Å². The number of carboxylic acid groups (broad SMARTS) is 1. The van der Waals surface area contributed by atoms with Gasteiger partial charge in [0.15, 0.2) is 12.4 Å². The van der Waals surface area contributed by atoms with Gasteiger partial charge in [0, 0.05) is 11.8 Å². The van der Waals surface area contributed by atoms with Crippen molar-refractivity contribution in [2.45, 2.75) is 49.2 Å². The van der Waals surface area contributed by atoms with E-state index in [1.54, 1.807) is 36.4 Å². The van der Waals surface area contributed by atoms with Crippen LogP contribution in [0, 0.1) is 17.8 Å². The molecule has 46 heavy (non-hydrogen) atoms. The fraction of sp³-hybridized carbons (Fsp3) is 0.419. The van der Waals surface area contributed by atoms with Gasteiger partial charge in [-0.15, -0.1) is 0 Å². The number of carbonyl (C=O) groups is 4. The van der Waals surface area contributed by atoms with Crippen molar-refractivity contribution in [3.05, 3.63) is 83.6 Å². The Morgan fingerprint density at radius 2 is 1.35 bits per heavy atom. The summed E-state index contributed by atoms with van der Waals surface area (Å²) in [6, 6.07) is 15.4. The first kappa shape index (κ1) is 33.0. The molecule has 0 radical (unpaired) electrons. The number of aliphatic hydroxyl groups excluding tert-OH is 4. The van der Waals surface area contributed by atoms with Crippen molar-refractivity contribution in [3.63, 3.8) is 0 Å². The fourth-order valence-electron chi connectivity index (χ4n) is 5.97. The second-order valence-corrected chi connectivity index (χ2v) is 10.8. The van der Waals surface area contributed by atoms with Crippen LogP contribution in [0.25, 0.3) is 0 Å². The highest BCUT2D eigenvalue weighted by atomic mass is 16.8. The number of aliphatic carboxylic acids is 1. The molecule has 1 saturated heterocycles. The Morgan fingerprint density at radius 1 is 0.783 bits per heavy atom. The van der Waals surface area contributed by atoms with Crippen LogP contribution in [0.2, 0.25) is 0 Å². The topological polar surface area (TPSA) is 225 Å². The molecule has 0 bridgehead atoms. The molecule has 1 saturated carbocycles. The molecule has 5 rings (SSSR count). The molecule has 2 aromatic carbocycles. The summed E-state index contributed by atoms with van der Waals surface area (Å²) < 4.78 is 33.5. The van der Waals surface area contributed by atoms with E-state index in [0.717, 1.165) is 13.4 Å². The summed E-state index contributed by atoms with van der Waals surface area (Å²) in [5, 5.41) is 50.8. The Balaban J connectivity index is 1.58. The lowest BCUT2D eigenvalue weighted by Gasteiger charge is -2.43. The first-order chi connectivity index (χ1) is 22.1. The number of rotatable bonds is 9. The minimum atomic E-state index is -1.89. The van der Waals surface area contributed by atoms with E-state index >= 15 is 0 Å². The number of hydrogen-bond donors (Lipinski definition) is 5. The molecule has 0 spiro atoms. The Bertz CT molecular complexity index is 1440. The minimum Gasteiger partial charge on any atom is -0.478 e. The normalized spacial score (nSPS) is 33.5. The van der Waals surface area contributed by atoms with Crippen molar-refractivity contribution in [1.82, 2.24) is 0 Å². The molecule has 11 atom stereocenters. The predicted molar refractivity (Wildman–Crippen MR) is 149 cm³/mol. The zero-order valence-corrected chi connectivity index (χ0v) is 24.2. The van der Waals surface area contributed by atoms with Crippen molar-refractivity contribution in [2.24, 2.45) is 17.8 Å². The number of ether oxygens (including phenoxy) is 6. The van der Waals surface area contributed by atoms with E-state index in [9.17, 15) is 44.7 Å². The number of hydrogen-bond acceptors (Lipinski definition) is 14. The van der Waals surface area contributed by atoms with Crippen molar-refractivity contribution in [2.75, 3.05) is 13.7 Å². The maximum Gasteiger partial charge on any atom is 0.338 e. The van der Waals surface area contributed by atoms with Crippen LogP contribution >= 0.6 is 0 Å². The molecule has 0 unspecified atom stereocenters. The third-order valence-corrected chi connectivity index (χ3v) is 8.21. The molecular weight excluding hydrogens is 612 g/mol. The summed E-state index contributed by atoms with van der Waals surface area (Å²) in [5.41, 5.74) is -0.305. The highest BCUT2D eigenvalue weighted by Crippen LogP contribution is 2.51. The van der Waals surface area contributed by atoms with Crippen molar-refractivity contribution in [3.8, 4) is 0 Å². The van der Waals surface area contributed by atoms with Gasteiger partial charge in [-0.2, -0.15) is 0 Å². The molecule has 2 heterocycles. The summed E-state index contributed by atoms with van der Waals surface area (Å²) in [6.07, 6.45) is -12.7. The summed E-state index contributed by atoms with van der Waals surface area (Å²) in [6.45, 7) is -0.773. The van der Waals surface area contributed by atoms with Gasteiger partial charge in [-0.3, -0.25) is 4.79 Å². The van der Waals surface area contributed by atoms with Crippen molar-refractivity contribution >= 4 is 23.9 Å². The standard InChI is InChI=1S/C31H32O15/c1-41-29(40)20-19-18(16(26(36)37)13-42-30(19)46-31-23(35)22(34)21(33)17(12-32)43-31)24(44-27(38)14-8-4-2-5-9-14)25(20)45-28(39)15-10-6-3-7-11-15/h2-11,13,17-25,30-35H,12H2,1H3,(H,36,37)/t17-,18-,19-,20-,21+,22+,23+,24-,25+,30+,31-/m0/s1. The SMILES string of the molecule is COC(=O)[C@@H]1[C@@H](OC(=O)c2ccccc2)[C@@H](OC(=O)c2ccccc2)[C@H]2C(C(=O)O)=CO[C@H](O[C@@H]3O[C@@H](CO)[C@@H](O)[C@@H](O)[C@H]3O)[C@@H]21. The number of carbonyl (C=O) groups excluding carboxylic acids is 3. The van der Waals surface area contributed by atoms with Crippen LogP contribution in [0.1, 0.15) is 20.7 Å². The second-order valence-electron chi connectivity index (χ2n) is 10.8. The predicted octanol–water partition coefficient (Wildman–Crippen LogP) is -0.386. The number of fused-ring (bicyclic) bond motifs is 1. The summed E-state index contributed by atoms with van der Waals surface area (Å²) in [4.78, 5) is 52.6. The molecule has 0 amide bonds. The smallest absolute Gasteiger partial charge is 0.338 e. The van der Waals surface area contributed by atoms with Gasteiger partial charge in [0.25, 0.3) is 0 Å². The van der Waals surface area contributed by atoms with E-state index in [-0.39, 0.29) is 11.1 Å². The molecule has 2 aliphatic heterocycles. The zero-order valence-electron chi connectivity index (χ0n) is 24.2. The lowest BCUT2D eigenvalue weighted by molar-refractivity contribution is -0.342. The van der Waals surface area contributed by atoms with Gasteiger partial charge < -0.3 is 54.0 Å². The molecule has 1 aliphatic carbocycles. The average molecular weight is 645 g/mol. The van der Waals surface area contributed by atoms with Crippen LogP contribution < -0.4 is 0 Å². The summed E-state index contributed by atoms with van der Waals surface area (Å²) in [5.74, 6) is -8.78.